The first-order valence-electron chi connectivity index (χ1n) is 6.19. The van der Waals surface area contributed by atoms with Crippen LogP contribution in [0.1, 0.15) is 27.2 Å². The summed E-state index contributed by atoms with van der Waals surface area (Å²) in [6, 6.07) is 0. The molecule has 1 fully saturated rings. The molecule has 16 heavy (non-hydrogen) atoms. The van der Waals surface area contributed by atoms with E-state index in [1.165, 1.54) is 5.69 Å². The fraction of sp³-hybridized carbons (Fsp3) is 0.750. The summed E-state index contributed by atoms with van der Waals surface area (Å²) in [7, 11) is 0. The molecule has 4 nitrogen and oxygen atoms in total. The van der Waals surface area contributed by atoms with Crippen LogP contribution < -0.4 is 10.2 Å². The summed E-state index contributed by atoms with van der Waals surface area (Å²) < 4.78 is 1.99. The first kappa shape index (κ1) is 11.5. The largest absolute Gasteiger partial charge is 0.366 e. The van der Waals surface area contributed by atoms with Gasteiger partial charge in [0.25, 0.3) is 0 Å². The number of anilines is 1. The second-order valence-corrected chi connectivity index (χ2v) is 4.82. The third-order valence-electron chi connectivity index (χ3n) is 3.56. The van der Waals surface area contributed by atoms with E-state index in [1.807, 2.05) is 10.9 Å². The molecule has 90 valence electrons. The van der Waals surface area contributed by atoms with E-state index in [0.717, 1.165) is 32.6 Å². The van der Waals surface area contributed by atoms with Gasteiger partial charge in [0.05, 0.1) is 11.9 Å². The summed E-state index contributed by atoms with van der Waals surface area (Å²) in [4.78, 5) is 2.43. The maximum absolute atomic E-state index is 4.34. The normalized spacial score (nSPS) is 26.1. The molecule has 0 spiro atoms. The van der Waals surface area contributed by atoms with Crippen molar-refractivity contribution in [2.45, 2.75) is 39.3 Å². The number of aryl methyl sites for hydroxylation is 1. The second-order valence-electron chi connectivity index (χ2n) is 4.82. The van der Waals surface area contributed by atoms with E-state index in [9.17, 15) is 0 Å². The van der Waals surface area contributed by atoms with E-state index in [-0.39, 0.29) is 5.54 Å². The number of piperazine rings is 1. The topological polar surface area (TPSA) is 33.1 Å². The summed E-state index contributed by atoms with van der Waals surface area (Å²) in [5, 5.41) is 7.93. The molecule has 1 aliphatic rings. The van der Waals surface area contributed by atoms with Gasteiger partial charge in [-0.15, -0.1) is 0 Å². The van der Waals surface area contributed by atoms with Gasteiger partial charge in [0, 0.05) is 37.9 Å². The van der Waals surface area contributed by atoms with Gasteiger partial charge in [0.15, 0.2) is 0 Å². The van der Waals surface area contributed by atoms with Crippen LogP contribution in [-0.4, -0.2) is 35.0 Å². The van der Waals surface area contributed by atoms with Gasteiger partial charge < -0.3 is 10.2 Å². The Labute approximate surface area is 97.6 Å². The van der Waals surface area contributed by atoms with Gasteiger partial charge in [-0.2, -0.15) is 5.10 Å². The van der Waals surface area contributed by atoms with Crippen molar-refractivity contribution >= 4 is 5.69 Å². The molecule has 1 N–H and O–H groups in total. The highest BCUT2D eigenvalue weighted by molar-refractivity contribution is 5.43. The van der Waals surface area contributed by atoms with Gasteiger partial charge >= 0.3 is 0 Å². The van der Waals surface area contributed by atoms with Gasteiger partial charge in [-0.25, -0.2) is 0 Å². The Bertz CT molecular complexity index is 347. The van der Waals surface area contributed by atoms with E-state index in [4.69, 9.17) is 0 Å². The lowest BCUT2D eigenvalue weighted by Gasteiger charge is -2.41. The van der Waals surface area contributed by atoms with E-state index < -0.39 is 0 Å². The van der Waals surface area contributed by atoms with Crippen molar-refractivity contribution in [1.82, 2.24) is 15.1 Å². The van der Waals surface area contributed by atoms with Crippen molar-refractivity contribution < 1.29 is 0 Å². The van der Waals surface area contributed by atoms with Crippen molar-refractivity contribution in [3.8, 4) is 0 Å². The number of hydrogen-bond donors (Lipinski definition) is 1. The van der Waals surface area contributed by atoms with Crippen LogP contribution in [0, 0.1) is 0 Å². The standard InChI is InChI=1S/C12H22N4/c1-4-12(3)10-15(7-6-13-12)11-8-14-16(5-2)9-11/h8-9,13H,4-7,10H2,1-3H3. The molecule has 4 heteroatoms. The summed E-state index contributed by atoms with van der Waals surface area (Å²) >= 11 is 0. The third-order valence-corrected chi connectivity index (χ3v) is 3.56. The number of rotatable bonds is 3. The lowest BCUT2D eigenvalue weighted by atomic mass is 9.96. The predicted octanol–water partition coefficient (Wildman–Crippen LogP) is 1.48. The zero-order valence-electron chi connectivity index (χ0n) is 10.5. The molecule has 0 aromatic carbocycles. The SMILES string of the molecule is CCn1cc(N2CCNC(C)(CC)C2)cn1. The summed E-state index contributed by atoms with van der Waals surface area (Å²) in [6.45, 7) is 10.8. The van der Waals surface area contributed by atoms with Crippen LogP contribution in [0.25, 0.3) is 0 Å². The Hall–Kier alpha value is -1.03. The molecule has 1 aromatic heterocycles. The van der Waals surface area contributed by atoms with E-state index in [0.29, 0.717) is 0 Å². The molecule has 0 saturated carbocycles. The third kappa shape index (κ3) is 2.21. The smallest absolute Gasteiger partial charge is 0.0753 e. The number of nitrogens with one attached hydrogen (secondary N) is 1. The highest BCUT2D eigenvalue weighted by atomic mass is 15.3. The van der Waals surface area contributed by atoms with Crippen molar-refractivity contribution in [3.63, 3.8) is 0 Å². The van der Waals surface area contributed by atoms with Gasteiger partial charge in [0.1, 0.15) is 0 Å². The van der Waals surface area contributed by atoms with E-state index in [1.54, 1.807) is 0 Å². The van der Waals surface area contributed by atoms with E-state index >= 15 is 0 Å². The maximum Gasteiger partial charge on any atom is 0.0753 e. The summed E-state index contributed by atoms with van der Waals surface area (Å²) in [5.74, 6) is 0. The Morgan fingerprint density at radius 3 is 2.94 bits per heavy atom. The molecule has 1 saturated heterocycles. The number of hydrogen-bond acceptors (Lipinski definition) is 3. The monoisotopic (exact) mass is 222 g/mol. The van der Waals surface area contributed by atoms with Gasteiger partial charge in [-0.05, 0) is 20.3 Å². The van der Waals surface area contributed by atoms with Crippen LogP contribution in [0.15, 0.2) is 12.4 Å². The van der Waals surface area contributed by atoms with Crippen LogP contribution in [0.3, 0.4) is 0 Å². The Morgan fingerprint density at radius 1 is 1.50 bits per heavy atom. The first-order chi connectivity index (χ1) is 7.67. The molecule has 0 bridgehead atoms. The fourth-order valence-electron chi connectivity index (χ4n) is 2.19. The summed E-state index contributed by atoms with van der Waals surface area (Å²) in [5.41, 5.74) is 1.50. The molecular formula is C12H22N4. The molecule has 1 atom stereocenters. The fourth-order valence-corrected chi connectivity index (χ4v) is 2.19. The molecule has 0 aliphatic carbocycles. The first-order valence-corrected chi connectivity index (χ1v) is 6.19. The van der Waals surface area contributed by atoms with Crippen LogP contribution in [0.5, 0.6) is 0 Å². The lowest BCUT2D eigenvalue weighted by molar-refractivity contribution is 0.314. The molecule has 0 radical (unpaired) electrons. The van der Waals surface area contributed by atoms with Crippen LogP contribution in [-0.2, 0) is 6.54 Å². The van der Waals surface area contributed by atoms with E-state index in [2.05, 4.69) is 42.3 Å². The van der Waals surface area contributed by atoms with Crippen molar-refractivity contribution in [2.75, 3.05) is 24.5 Å². The van der Waals surface area contributed by atoms with Crippen LogP contribution in [0.4, 0.5) is 5.69 Å². The molecule has 1 unspecified atom stereocenters. The molecule has 1 aromatic rings. The number of aromatic nitrogens is 2. The molecular weight excluding hydrogens is 200 g/mol. The highest BCUT2D eigenvalue weighted by Crippen LogP contribution is 2.21. The zero-order valence-corrected chi connectivity index (χ0v) is 10.5. The molecule has 0 amide bonds. The van der Waals surface area contributed by atoms with Crippen LogP contribution >= 0.6 is 0 Å². The van der Waals surface area contributed by atoms with Crippen LogP contribution in [0.2, 0.25) is 0 Å². The van der Waals surface area contributed by atoms with Crippen molar-refractivity contribution in [2.24, 2.45) is 0 Å². The van der Waals surface area contributed by atoms with Gasteiger partial charge in [-0.3, -0.25) is 4.68 Å². The van der Waals surface area contributed by atoms with Crippen molar-refractivity contribution in [3.05, 3.63) is 12.4 Å². The zero-order chi connectivity index (χ0) is 11.6. The highest BCUT2D eigenvalue weighted by Gasteiger charge is 2.29. The minimum atomic E-state index is 0.243. The minimum absolute atomic E-state index is 0.243. The summed E-state index contributed by atoms with van der Waals surface area (Å²) in [6.07, 6.45) is 5.28. The average molecular weight is 222 g/mol. The Kier molecular flexibility index (Phi) is 3.19. The van der Waals surface area contributed by atoms with Gasteiger partial charge in [0.2, 0.25) is 0 Å². The molecule has 2 rings (SSSR count). The average Bonchev–Trinajstić information content (AvgIpc) is 2.78. The maximum atomic E-state index is 4.34. The van der Waals surface area contributed by atoms with Gasteiger partial charge in [-0.1, -0.05) is 6.92 Å². The molecule has 2 heterocycles. The minimum Gasteiger partial charge on any atom is -0.366 e. The second kappa shape index (κ2) is 4.45. The Morgan fingerprint density at radius 2 is 2.31 bits per heavy atom. The quantitative estimate of drug-likeness (QED) is 0.841. The van der Waals surface area contributed by atoms with Crippen molar-refractivity contribution in [1.29, 1.82) is 0 Å². The number of nitrogens with zero attached hydrogens (tertiary/aromatic N) is 3. The lowest BCUT2D eigenvalue weighted by Crippen LogP contribution is -2.58. The molecule has 1 aliphatic heterocycles. The Balaban J connectivity index is 2.09. The predicted molar refractivity (Wildman–Crippen MR) is 66.8 cm³/mol.